The van der Waals surface area contributed by atoms with Crippen LogP contribution in [0.1, 0.15) is 0 Å². The van der Waals surface area contributed by atoms with Crippen LogP contribution in [0.4, 0.5) is 34.1 Å². The van der Waals surface area contributed by atoms with Crippen molar-refractivity contribution < 1.29 is 0 Å². The predicted octanol–water partition coefficient (Wildman–Crippen LogP) is 24.5. The molecule has 0 saturated carbocycles. The number of para-hydroxylation sites is 2. The Bertz CT molecular complexity index is 5730. The molecule has 402 valence electrons. The van der Waals surface area contributed by atoms with Gasteiger partial charge in [0.2, 0.25) is 0 Å². The first-order valence-corrected chi connectivity index (χ1v) is 31.7. The third-order valence-electron chi connectivity index (χ3n) is 17.5. The molecular weight excluding hydrogens is 1100 g/mol. The van der Waals surface area contributed by atoms with Crippen molar-refractivity contribution in [2.45, 2.75) is 0 Å². The average molecular weight is 1150 g/mol. The molecule has 0 unspecified atom stereocenters. The number of aromatic nitrogens is 1. The van der Waals surface area contributed by atoms with Crippen LogP contribution in [0.3, 0.4) is 0 Å². The first kappa shape index (κ1) is 49.1. The zero-order chi connectivity index (χ0) is 56.4. The van der Waals surface area contributed by atoms with Crippen LogP contribution in [0.5, 0.6) is 0 Å². The van der Waals surface area contributed by atoms with E-state index in [0.717, 1.165) is 34.1 Å². The minimum atomic E-state index is 1.07. The first-order valence-electron chi connectivity index (χ1n) is 29.2. The van der Waals surface area contributed by atoms with Crippen molar-refractivity contribution in [3.8, 4) is 27.9 Å². The largest absolute Gasteiger partial charge is 0.310 e. The van der Waals surface area contributed by atoms with Gasteiger partial charge in [0.05, 0.1) is 11.0 Å². The smallest absolute Gasteiger partial charge is 0.0625 e. The van der Waals surface area contributed by atoms with Gasteiger partial charge in [-0.05, 0) is 148 Å². The van der Waals surface area contributed by atoms with E-state index in [4.69, 9.17) is 0 Å². The summed E-state index contributed by atoms with van der Waals surface area (Å²) in [7, 11) is 0. The Morgan fingerprint density at radius 1 is 0.244 bits per heavy atom. The van der Waals surface area contributed by atoms with Crippen LogP contribution < -0.4 is 9.80 Å². The van der Waals surface area contributed by atoms with Crippen LogP contribution in [0, 0.1) is 0 Å². The second-order valence-corrected chi connectivity index (χ2v) is 25.6. The summed E-state index contributed by atoms with van der Waals surface area (Å²) in [6, 6.07) is 110. The van der Waals surface area contributed by atoms with E-state index in [0.29, 0.717) is 0 Å². The van der Waals surface area contributed by atoms with Gasteiger partial charge in [-0.1, -0.05) is 188 Å². The summed E-state index contributed by atoms with van der Waals surface area (Å²) in [6.45, 7) is 0. The highest BCUT2D eigenvalue weighted by Gasteiger charge is 2.23. The van der Waals surface area contributed by atoms with Crippen molar-refractivity contribution in [2.75, 3.05) is 9.80 Å². The number of thiophene rings is 3. The Morgan fingerprint density at radius 2 is 0.721 bits per heavy atom. The molecule has 18 rings (SSSR count). The van der Waals surface area contributed by atoms with Gasteiger partial charge < -0.3 is 14.4 Å². The highest BCUT2D eigenvalue weighted by molar-refractivity contribution is 7.27. The number of hydrogen-bond acceptors (Lipinski definition) is 5. The summed E-state index contributed by atoms with van der Waals surface area (Å²) < 4.78 is 10.3. The van der Waals surface area contributed by atoms with Crippen LogP contribution in [-0.2, 0) is 0 Å². The number of nitrogens with zero attached hydrogens (tertiary/aromatic N) is 3. The molecule has 0 fully saturated rings. The Hall–Kier alpha value is -10.3. The molecule has 3 nitrogen and oxygen atoms in total. The van der Waals surface area contributed by atoms with E-state index in [1.54, 1.807) is 0 Å². The number of fused-ring (bicyclic) bond motifs is 17. The zero-order valence-corrected chi connectivity index (χ0v) is 48.8. The fourth-order valence-corrected chi connectivity index (χ4v) is 17.1. The maximum atomic E-state index is 2.56. The lowest BCUT2D eigenvalue weighted by molar-refractivity contribution is 1.19. The van der Waals surface area contributed by atoms with E-state index in [9.17, 15) is 0 Å². The average Bonchev–Trinajstić information content (AvgIpc) is 1.88. The summed E-state index contributed by atoms with van der Waals surface area (Å²) in [5, 5.41) is 15.4. The predicted molar refractivity (Wildman–Crippen MR) is 375 cm³/mol. The minimum absolute atomic E-state index is 1.07. The Balaban J connectivity index is 0.729. The highest BCUT2D eigenvalue weighted by Crippen LogP contribution is 2.48. The summed E-state index contributed by atoms with van der Waals surface area (Å²) in [5.41, 5.74) is 15.0. The molecule has 0 bridgehead atoms. The Labute approximate surface area is 508 Å². The van der Waals surface area contributed by atoms with Gasteiger partial charge in [-0.2, -0.15) is 0 Å². The second kappa shape index (κ2) is 19.6. The molecule has 0 aliphatic heterocycles. The molecule has 0 saturated heterocycles. The molecule has 0 amide bonds. The lowest BCUT2D eigenvalue weighted by Crippen LogP contribution is -2.13. The van der Waals surface area contributed by atoms with Crippen molar-refractivity contribution in [2.24, 2.45) is 0 Å². The third-order valence-corrected chi connectivity index (χ3v) is 21.0. The molecule has 0 aliphatic carbocycles. The quantitative estimate of drug-likeness (QED) is 0.133. The highest BCUT2D eigenvalue weighted by atomic mass is 32.1. The van der Waals surface area contributed by atoms with Crippen molar-refractivity contribution in [1.82, 2.24) is 4.57 Å². The molecule has 6 heteroatoms. The zero-order valence-electron chi connectivity index (χ0n) is 46.4. The molecular formula is C80H49N3S3. The molecule has 4 heterocycles. The lowest BCUT2D eigenvalue weighted by atomic mass is 9.96. The van der Waals surface area contributed by atoms with Gasteiger partial charge in [0.1, 0.15) is 0 Å². The SMILES string of the molecule is c1ccc(N(c2ccc(-c3ccc4c(c3)sc3c(-c5ccc6c7c8ccccc8c8ccccc8c7n(-c7ccc8c(c7)sc7ccccc78)c6c5)cccc34)cc2)c2cccc(N(c3ccccc3)c3ccc4sc5ccccc5c4c3)c2)cc1. The van der Waals surface area contributed by atoms with E-state index in [1.807, 2.05) is 34.0 Å². The number of benzene rings is 14. The lowest BCUT2D eigenvalue weighted by Gasteiger charge is -2.29. The van der Waals surface area contributed by atoms with Gasteiger partial charge in [-0.25, -0.2) is 0 Å². The third kappa shape index (κ3) is 7.77. The van der Waals surface area contributed by atoms with E-state index >= 15 is 0 Å². The Kier molecular flexibility index (Phi) is 11.2. The van der Waals surface area contributed by atoms with Gasteiger partial charge in [-0.15, -0.1) is 34.0 Å². The summed E-state index contributed by atoms with van der Waals surface area (Å²) in [5.74, 6) is 0. The number of hydrogen-bond donors (Lipinski definition) is 0. The summed E-state index contributed by atoms with van der Waals surface area (Å²) in [6.07, 6.45) is 0. The molecule has 86 heavy (non-hydrogen) atoms. The van der Waals surface area contributed by atoms with Gasteiger partial charge in [-0.3, -0.25) is 0 Å². The monoisotopic (exact) mass is 1150 g/mol. The van der Waals surface area contributed by atoms with Crippen molar-refractivity contribution in [3.05, 3.63) is 297 Å². The molecule has 0 spiro atoms. The van der Waals surface area contributed by atoms with Crippen molar-refractivity contribution in [3.63, 3.8) is 0 Å². The molecule has 4 aromatic heterocycles. The van der Waals surface area contributed by atoms with Gasteiger partial charge in [0, 0.05) is 116 Å². The van der Waals surface area contributed by atoms with E-state index < -0.39 is 0 Å². The number of rotatable bonds is 9. The standard InChI is InChI=1S/C80H49N3S3/c1-3-17-53(18-4-1)81(56-21-15-22-57(47-56)82(54-19-5-2-6-20-54)58-40-44-75-71(48-58)64-26-12-14-32-74(64)84-75)55-37-33-50(34-38-55)51-35-41-66-69-30-16-29-60(80(69)86-76(66)46-51)52-36-42-70-72(45-52)83(59-39-43-65-63-25-11-13-31-73(63)85-77(65)49-59)79-68-28-10-8-24-62(68)61-23-7-9-27-67(61)78(70)79/h1-49H. The normalized spacial score (nSPS) is 12.0. The van der Waals surface area contributed by atoms with E-state index in [1.165, 1.54) is 132 Å². The van der Waals surface area contributed by atoms with E-state index in [-0.39, 0.29) is 0 Å². The van der Waals surface area contributed by atoms with Crippen LogP contribution >= 0.6 is 34.0 Å². The second-order valence-electron chi connectivity index (χ2n) is 22.3. The molecule has 0 aliphatic rings. The summed E-state index contributed by atoms with van der Waals surface area (Å²) in [4.78, 5) is 4.75. The van der Waals surface area contributed by atoms with Crippen LogP contribution in [0.15, 0.2) is 297 Å². The van der Waals surface area contributed by atoms with Crippen molar-refractivity contribution in [1.29, 1.82) is 0 Å². The fraction of sp³-hybridized carbons (Fsp3) is 0. The van der Waals surface area contributed by atoms with E-state index in [2.05, 4.69) is 312 Å². The van der Waals surface area contributed by atoms with Crippen LogP contribution in [-0.4, -0.2) is 4.57 Å². The minimum Gasteiger partial charge on any atom is -0.310 e. The Morgan fingerprint density at radius 3 is 1.47 bits per heavy atom. The molecule has 0 radical (unpaired) electrons. The van der Waals surface area contributed by atoms with Gasteiger partial charge in [0.15, 0.2) is 0 Å². The molecule has 0 atom stereocenters. The maximum Gasteiger partial charge on any atom is 0.0625 e. The topological polar surface area (TPSA) is 11.4 Å². The van der Waals surface area contributed by atoms with Gasteiger partial charge >= 0.3 is 0 Å². The fourth-order valence-electron chi connectivity index (χ4n) is 13.6. The molecule has 14 aromatic carbocycles. The van der Waals surface area contributed by atoms with Crippen LogP contribution in [0.2, 0.25) is 0 Å². The first-order chi connectivity index (χ1) is 42.6. The number of anilines is 6. The molecule has 18 aromatic rings. The van der Waals surface area contributed by atoms with Crippen LogP contribution in [0.25, 0.3) is 132 Å². The molecule has 0 N–H and O–H groups in total. The maximum absolute atomic E-state index is 2.56. The summed E-state index contributed by atoms with van der Waals surface area (Å²) >= 11 is 5.63. The van der Waals surface area contributed by atoms with Crippen molar-refractivity contribution >= 4 is 172 Å². The van der Waals surface area contributed by atoms with Gasteiger partial charge in [0.25, 0.3) is 0 Å².